The van der Waals surface area contributed by atoms with Crippen LogP contribution in [0, 0.1) is 27.7 Å². The summed E-state index contributed by atoms with van der Waals surface area (Å²) in [6.45, 7) is 7.25. The molecule has 0 amide bonds. The van der Waals surface area contributed by atoms with E-state index in [1.807, 2.05) is 26.0 Å². The highest BCUT2D eigenvalue weighted by atomic mass is 16.3. The first-order chi connectivity index (χ1) is 17.3. The summed E-state index contributed by atoms with van der Waals surface area (Å²) >= 11 is 0. The van der Waals surface area contributed by atoms with Gasteiger partial charge in [-0.1, -0.05) is 0 Å². The lowest BCUT2D eigenvalue weighted by Crippen LogP contribution is -2.09. The molecular weight excluding hydrogens is 456 g/mol. The average Bonchev–Trinajstić information content (AvgIpc) is 3.63. The fraction of sp³-hybridized carbons (Fsp3) is 0.133. The highest BCUT2D eigenvalue weighted by Gasteiger charge is 2.20. The van der Waals surface area contributed by atoms with Crippen LogP contribution in [-0.2, 0) is 9.59 Å². The fourth-order valence-electron chi connectivity index (χ4n) is 3.49. The molecule has 4 rings (SSSR count). The zero-order chi connectivity index (χ0) is 25.7. The van der Waals surface area contributed by atoms with Gasteiger partial charge in [0.05, 0.1) is 0 Å². The van der Waals surface area contributed by atoms with Crippen molar-refractivity contribution in [1.29, 1.82) is 0 Å². The maximum atomic E-state index is 13.4. The molecule has 6 nitrogen and oxygen atoms in total. The molecule has 36 heavy (non-hydrogen) atoms. The van der Waals surface area contributed by atoms with E-state index in [4.69, 9.17) is 17.7 Å². The van der Waals surface area contributed by atoms with Crippen LogP contribution in [0.15, 0.2) is 89.5 Å². The topological polar surface area (TPSA) is 86.7 Å². The third-order valence-electron chi connectivity index (χ3n) is 5.24. The third kappa shape index (κ3) is 6.30. The summed E-state index contributed by atoms with van der Waals surface area (Å²) in [5, 5.41) is 0. The van der Waals surface area contributed by atoms with Crippen molar-refractivity contribution in [1.82, 2.24) is 0 Å². The predicted molar refractivity (Wildman–Crippen MR) is 138 cm³/mol. The molecule has 0 aliphatic heterocycles. The minimum atomic E-state index is -0.400. The van der Waals surface area contributed by atoms with Crippen molar-refractivity contribution >= 4 is 35.9 Å². The third-order valence-corrected chi connectivity index (χ3v) is 5.24. The van der Waals surface area contributed by atoms with Gasteiger partial charge < -0.3 is 17.7 Å². The van der Waals surface area contributed by atoms with Gasteiger partial charge in [0.15, 0.2) is 11.6 Å². The largest absolute Gasteiger partial charge is 0.462 e. The van der Waals surface area contributed by atoms with Crippen molar-refractivity contribution in [2.75, 3.05) is 0 Å². The molecule has 0 bridgehead atoms. The van der Waals surface area contributed by atoms with Crippen molar-refractivity contribution in [3.05, 3.63) is 118 Å². The first kappa shape index (κ1) is 24.5. The molecule has 0 spiro atoms. The van der Waals surface area contributed by atoms with Crippen LogP contribution in [-0.4, -0.2) is 11.6 Å². The second kappa shape index (κ2) is 10.8. The van der Waals surface area contributed by atoms with Gasteiger partial charge in [0.25, 0.3) is 0 Å². The summed E-state index contributed by atoms with van der Waals surface area (Å²) < 4.78 is 22.4. The van der Waals surface area contributed by atoms with Crippen LogP contribution in [0.2, 0.25) is 0 Å². The Hall–Kier alpha value is -4.58. The normalized spacial score (nSPS) is 12.8. The van der Waals surface area contributed by atoms with E-state index in [-0.39, 0.29) is 11.1 Å². The molecule has 0 aliphatic rings. The van der Waals surface area contributed by atoms with Gasteiger partial charge in [0.1, 0.15) is 46.1 Å². The molecule has 0 saturated heterocycles. The Morgan fingerprint density at radius 2 is 0.806 bits per heavy atom. The van der Waals surface area contributed by atoms with Crippen LogP contribution in [0.1, 0.15) is 46.1 Å². The molecule has 0 fully saturated rings. The van der Waals surface area contributed by atoms with Crippen LogP contribution < -0.4 is 0 Å². The number of carbonyl (C=O) groups is 2. The van der Waals surface area contributed by atoms with Gasteiger partial charge in [-0.05, 0) is 113 Å². The molecule has 0 N–H and O–H groups in total. The lowest BCUT2D eigenvalue weighted by molar-refractivity contribution is -0.113. The van der Waals surface area contributed by atoms with Crippen molar-refractivity contribution in [2.24, 2.45) is 0 Å². The van der Waals surface area contributed by atoms with E-state index in [1.165, 1.54) is 12.2 Å². The summed E-state index contributed by atoms with van der Waals surface area (Å²) in [6, 6.07) is 14.2. The number of carbonyl (C=O) groups excluding carboxylic acids is 2. The van der Waals surface area contributed by atoms with Gasteiger partial charge in [-0.15, -0.1) is 0 Å². The second-order valence-corrected chi connectivity index (χ2v) is 8.30. The van der Waals surface area contributed by atoms with Gasteiger partial charge in [-0.2, -0.15) is 0 Å². The first-order valence-electron chi connectivity index (χ1n) is 11.4. The van der Waals surface area contributed by atoms with Crippen LogP contribution in [0.4, 0.5) is 0 Å². The molecule has 0 aliphatic carbocycles. The van der Waals surface area contributed by atoms with Crippen molar-refractivity contribution in [3.63, 3.8) is 0 Å². The Labute approximate surface area is 208 Å². The van der Waals surface area contributed by atoms with E-state index in [0.29, 0.717) is 34.6 Å². The summed E-state index contributed by atoms with van der Waals surface area (Å²) in [5.74, 6) is 3.96. The monoisotopic (exact) mass is 482 g/mol. The van der Waals surface area contributed by atoms with Crippen LogP contribution in [0.3, 0.4) is 0 Å². The van der Waals surface area contributed by atoms with Gasteiger partial charge >= 0.3 is 0 Å². The molecular formula is C30H26O6. The molecule has 6 heteroatoms. The zero-order valence-electron chi connectivity index (χ0n) is 20.5. The molecule has 4 aromatic rings. The highest BCUT2D eigenvalue weighted by molar-refractivity contribution is 6.24. The molecule has 0 radical (unpaired) electrons. The lowest BCUT2D eigenvalue weighted by Gasteiger charge is -2.07. The van der Waals surface area contributed by atoms with Gasteiger partial charge in [0.2, 0.25) is 0 Å². The van der Waals surface area contributed by atoms with E-state index in [2.05, 4.69) is 0 Å². The Balaban J connectivity index is 1.78. The molecule has 4 aromatic heterocycles. The molecule has 0 saturated carbocycles. The standard InChI is InChI=1S/C30H26O6/c1-19-5-9-23(33-19)13-15-29(31)27(17-25-11-7-21(3)35-25)28(18-26-12-8-22(4)36-26)30(32)16-14-24-10-6-20(2)34-24/h5-18H,1-4H3/b15-13+,16-14+,27-17-,28-18-. The lowest BCUT2D eigenvalue weighted by atomic mass is 9.95. The van der Waals surface area contributed by atoms with Crippen LogP contribution in [0.25, 0.3) is 24.3 Å². The van der Waals surface area contributed by atoms with Crippen molar-refractivity contribution in [3.8, 4) is 0 Å². The van der Waals surface area contributed by atoms with E-state index < -0.39 is 11.6 Å². The number of aryl methyl sites for hydroxylation is 4. The zero-order valence-corrected chi connectivity index (χ0v) is 20.5. The minimum Gasteiger partial charge on any atom is -0.462 e. The summed E-state index contributed by atoms with van der Waals surface area (Å²) in [5.41, 5.74) is 0.284. The quantitative estimate of drug-likeness (QED) is 0.183. The fourth-order valence-corrected chi connectivity index (χ4v) is 3.49. The Bertz CT molecular complexity index is 1390. The smallest absolute Gasteiger partial charge is 0.186 e. The van der Waals surface area contributed by atoms with Crippen LogP contribution in [0.5, 0.6) is 0 Å². The SMILES string of the molecule is Cc1ccc(/C=C(C(=O)/C=C/c2ccc(C)o2)/C(=C/c2ccc(C)o2)C(=O)/C=C/c2ccc(C)o2)o1. The van der Waals surface area contributed by atoms with Crippen LogP contribution >= 0.6 is 0 Å². The van der Waals surface area contributed by atoms with Gasteiger partial charge in [-0.3, -0.25) is 9.59 Å². The number of allylic oxidation sites excluding steroid dienone is 4. The molecule has 4 heterocycles. The maximum Gasteiger partial charge on any atom is 0.186 e. The Morgan fingerprint density at radius 3 is 1.08 bits per heavy atom. The molecule has 182 valence electrons. The molecule has 0 atom stereocenters. The molecule has 0 unspecified atom stereocenters. The Morgan fingerprint density at radius 1 is 0.500 bits per heavy atom. The van der Waals surface area contributed by atoms with Crippen molar-refractivity contribution < 1.29 is 27.3 Å². The maximum absolute atomic E-state index is 13.4. The summed E-state index contributed by atoms with van der Waals surface area (Å²) in [4.78, 5) is 26.9. The molecule has 0 aromatic carbocycles. The van der Waals surface area contributed by atoms with E-state index >= 15 is 0 Å². The average molecular weight is 483 g/mol. The number of hydrogen-bond acceptors (Lipinski definition) is 6. The minimum absolute atomic E-state index is 0.142. The van der Waals surface area contributed by atoms with E-state index in [0.717, 1.165) is 11.5 Å². The van der Waals surface area contributed by atoms with E-state index in [9.17, 15) is 9.59 Å². The highest BCUT2D eigenvalue weighted by Crippen LogP contribution is 2.24. The Kier molecular flexibility index (Phi) is 7.35. The van der Waals surface area contributed by atoms with Gasteiger partial charge in [-0.25, -0.2) is 0 Å². The van der Waals surface area contributed by atoms with Gasteiger partial charge in [0, 0.05) is 11.1 Å². The predicted octanol–water partition coefficient (Wildman–Crippen LogP) is 7.32. The number of furan rings is 4. The second-order valence-electron chi connectivity index (χ2n) is 8.30. The van der Waals surface area contributed by atoms with Crippen molar-refractivity contribution in [2.45, 2.75) is 27.7 Å². The van der Waals surface area contributed by atoms with E-state index in [1.54, 1.807) is 74.5 Å². The summed E-state index contributed by atoms with van der Waals surface area (Å²) in [6.07, 6.45) is 8.98. The number of ketones is 2. The summed E-state index contributed by atoms with van der Waals surface area (Å²) in [7, 11) is 0. The first-order valence-corrected chi connectivity index (χ1v) is 11.4. The number of hydrogen-bond donors (Lipinski definition) is 0. The number of rotatable bonds is 9.